The van der Waals surface area contributed by atoms with Crippen molar-refractivity contribution in [1.29, 1.82) is 0 Å². The van der Waals surface area contributed by atoms with Gasteiger partial charge in [0.2, 0.25) is 11.0 Å². The number of carbonyl (C=O) groups excluding carboxylic acids is 1. The largest absolute Gasteiger partial charge is 0.373 e. The third-order valence-electron chi connectivity index (χ3n) is 4.04. The van der Waals surface area contributed by atoms with Gasteiger partial charge in [-0.15, -0.1) is 10.2 Å². The van der Waals surface area contributed by atoms with Crippen LogP contribution < -0.4 is 5.32 Å². The zero-order chi connectivity index (χ0) is 18.1. The molecule has 1 amide bonds. The average Bonchev–Trinajstić information content (AvgIpc) is 2.85. The van der Waals surface area contributed by atoms with Crippen LogP contribution in [0.4, 0.5) is 5.13 Å². The van der Waals surface area contributed by atoms with E-state index in [0.29, 0.717) is 5.13 Å². The Morgan fingerprint density at radius 1 is 1.25 bits per heavy atom. The van der Waals surface area contributed by atoms with Crippen LogP contribution in [0, 0.1) is 5.92 Å². The summed E-state index contributed by atoms with van der Waals surface area (Å²) in [6, 6.07) is -0.194. The van der Waals surface area contributed by atoms with Gasteiger partial charge in [-0.05, 0) is 19.8 Å². The zero-order valence-electron chi connectivity index (χ0n) is 15.8. The number of aromatic nitrogens is 2. The number of rotatable bonds is 4. The normalized spacial score (nSPS) is 24.2. The Labute approximate surface area is 149 Å². The fraction of sp³-hybridized carbons (Fsp3) is 0.824. The summed E-state index contributed by atoms with van der Waals surface area (Å²) < 4.78 is 5.79. The standard InChI is InChI=1S/C17H30N4O2S/c1-10(2)13(21-8-11(3)23-12(4)9-21)14(22)18-16-20-19-15(24-16)17(5,6)7/h10-13H,8-9H2,1-7H3,(H,18,20,22). The number of amides is 1. The first-order valence-corrected chi connectivity index (χ1v) is 9.44. The summed E-state index contributed by atoms with van der Waals surface area (Å²) in [4.78, 5) is 15.1. The van der Waals surface area contributed by atoms with E-state index in [1.54, 1.807) is 0 Å². The van der Waals surface area contributed by atoms with Crippen molar-refractivity contribution in [1.82, 2.24) is 15.1 Å². The summed E-state index contributed by atoms with van der Waals surface area (Å²) in [6.45, 7) is 16.1. The third kappa shape index (κ3) is 4.74. The van der Waals surface area contributed by atoms with Crippen molar-refractivity contribution < 1.29 is 9.53 Å². The lowest BCUT2D eigenvalue weighted by Crippen LogP contribution is -2.55. The lowest BCUT2D eigenvalue weighted by molar-refractivity contribution is -0.130. The summed E-state index contributed by atoms with van der Waals surface area (Å²) in [7, 11) is 0. The summed E-state index contributed by atoms with van der Waals surface area (Å²) in [5.74, 6) is 0.195. The highest BCUT2D eigenvalue weighted by Crippen LogP contribution is 2.28. The molecule has 3 atom stereocenters. The van der Waals surface area contributed by atoms with E-state index < -0.39 is 0 Å². The molecular weight excluding hydrogens is 324 g/mol. The number of morpholine rings is 1. The van der Waals surface area contributed by atoms with Crippen LogP contribution in [0.2, 0.25) is 0 Å². The minimum atomic E-state index is -0.194. The molecule has 1 aliphatic heterocycles. The maximum absolute atomic E-state index is 12.9. The van der Waals surface area contributed by atoms with E-state index in [-0.39, 0.29) is 35.5 Å². The lowest BCUT2D eigenvalue weighted by atomic mass is 9.98. The SMILES string of the molecule is CC1CN(C(C(=O)Nc2nnc(C(C)(C)C)s2)C(C)C)CC(C)O1. The molecule has 136 valence electrons. The highest BCUT2D eigenvalue weighted by Gasteiger charge is 2.34. The van der Waals surface area contributed by atoms with Crippen molar-refractivity contribution >= 4 is 22.4 Å². The van der Waals surface area contributed by atoms with Crippen molar-refractivity contribution in [2.45, 2.75) is 72.1 Å². The molecule has 1 N–H and O–H groups in total. The summed E-state index contributed by atoms with van der Waals surface area (Å²) >= 11 is 1.45. The first-order chi connectivity index (χ1) is 11.1. The van der Waals surface area contributed by atoms with E-state index >= 15 is 0 Å². The van der Waals surface area contributed by atoms with Gasteiger partial charge < -0.3 is 4.74 Å². The first-order valence-electron chi connectivity index (χ1n) is 8.62. The highest BCUT2D eigenvalue weighted by atomic mass is 32.1. The molecule has 0 aliphatic carbocycles. The van der Waals surface area contributed by atoms with Crippen LogP contribution in [0.1, 0.15) is 53.5 Å². The topological polar surface area (TPSA) is 67.4 Å². The molecule has 0 saturated carbocycles. The smallest absolute Gasteiger partial charge is 0.243 e. The molecular formula is C17H30N4O2S. The third-order valence-corrected chi connectivity index (χ3v) is 5.30. The second-order valence-corrected chi connectivity index (χ2v) is 9.03. The molecule has 0 aromatic carbocycles. The van der Waals surface area contributed by atoms with E-state index in [9.17, 15) is 4.79 Å². The number of hydrogen-bond donors (Lipinski definition) is 1. The van der Waals surface area contributed by atoms with Gasteiger partial charge in [-0.1, -0.05) is 46.0 Å². The molecule has 1 aromatic heterocycles. The van der Waals surface area contributed by atoms with Crippen LogP contribution in [-0.4, -0.2) is 52.3 Å². The molecule has 1 aliphatic rings. The van der Waals surface area contributed by atoms with Gasteiger partial charge in [-0.25, -0.2) is 0 Å². The maximum atomic E-state index is 12.9. The van der Waals surface area contributed by atoms with Gasteiger partial charge in [0.25, 0.3) is 0 Å². The molecule has 2 heterocycles. The molecule has 1 fully saturated rings. The molecule has 1 saturated heterocycles. The van der Waals surface area contributed by atoms with Gasteiger partial charge in [-0.2, -0.15) is 0 Å². The van der Waals surface area contributed by atoms with Gasteiger partial charge in [0, 0.05) is 18.5 Å². The van der Waals surface area contributed by atoms with Crippen LogP contribution >= 0.6 is 11.3 Å². The fourth-order valence-corrected chi connectivity index (χ4v) is 3.90. The monoisotopic (exact) mass is 354 g/mol. The first kappa shape index (κ1) is 19.3. The molecule has 0 radical (unpaired) electrons. The van der Waals surface area contributed by atoms with E-state index in [4.69, 9.17) is 4.74 Å². The maximum Gasteiger partial charge on any atom is 0.243 e. The van der Waals surface area contributed by atoms with Crippen LogP contribution in [0.25, 0.3) is 0 Å². The summed E-state index contributed by atoms with van der Waals surface area (Å²) in [5.41, 5.74) is -0.0623. The fourth-order valence-electron chi connectivity index (χ4n) is 3.09. The van der Waals surface area contributed by atoms with Crippen LogP contribution in [0.5, 0.6) is 0 Å². The molecule has 24 heavy (non-hydrogen) atoms. The highest BCUT2D eigenvalue weighted by molar-refractivity contribution is 7.15. The Morgan fingerprint density at radius 2 is 1.83 bits per heavy atom. The van der Waals surface area contributed by atoms with Gasteiger partial charge >= 0.3 is 0 Å². The van der Waals surface area contributed by atoms with Crippen molar-refractivity contribution in [2.24, 2.45) is 5.92 Å². The lowest BCUT2D eigenvalue weighted by Gasteiger charge is -2.40. The average molecular weight is 355 g/mol. The predicted molar refractivity (Wildman–Crippen MR) is 97.4 cm³/mol. The second kappa shape index (κ2) is 7.45. The Kier molecular flexibility index (Phi) is 5.99. The number of anilines is 1. The van der Waals surface area contributed by atoms with Gasteiger partial charge in [0.15, 0.2) is 0 Å². The Balaban J connectivity index is 2.10. The van der Waals surface area contributed by atoms with Gasteiger partial charge in [0.1, 0.15) is 5.01 Å². The van der Waals surface area contributed by atoms with Gasteiger partial charge in [0.05, 0.1) is 18.2 Å². The number of nitrogens with zero attached hydrogens (tertiary/aromatic N) is 3. The van der Waals surface area contributed by atoms with E-state index in [2.05, 4.69) is 68.9 Å². The van der Waals surface area contributed by atoms with E-state index in [1.807, 2.05) is 0 Å². The molecule has 0 spiro atoms. The number of carbonyl (C=O) groups is 1. The van der Waals surface area contributed by atoms with E-state index in [1.165, 1.54) is 11.3 Å². The number of ether oxygens (including phenoxy) is 1. The van der Waals surface area contributed by atoms with Crippen molar-refractivity contribution in [3.8, 4) is 0 Å². The summed E-state index contributed by atoms with van der Waals surface area (Å²) in [5, 5.41) is 12.8. The van der Waals surface area contributed by atoms with Crippen LogP contribution in [0.15, 0.2) is 0 Å². The molecule has 1 aromatic rings. The summed E-state index contributed by atoms with van der Waals surface area (Å²) in [6.07, 6.45) is 0.272. The van der Waals surface area contributed by atoms with Crippen LogP contribution in [0.3, 0.4) is 0 Å². The Bertz CT molecular complexity index is 557. The molecule has 0 bridgehead atoms. The number of nitrogens with one attached hydrogen (secondary N) is 1. The van der Waals surface area contributed by atoms with E-state index in [0.717, 1.165) is 18.1 Å². The number of hydrogen-bond acceptors (Lipinski definition) is 6. The van der Waals surface area contributed by atoms with Crippen LogP contribution in [-0.2, 0) is 14.9 Å². The quantitative estimate of drug-likeness (QED) is 0.900. The predicted octanol–water partition coefficient (Wildman–Crippen LogP) is 2.91. The minimum absolute atomic E-state index is 0.0112. The van der Waals surface area contributed by atoms with Crippen molar-refractivity contribution in [3.63, 3.8) is 0 Å². The molecule has 6 nitrogen and oxygen atoms in total. The molecule has 2 rings (SSSR count). The molecule has 7 heteroatoms. The Hall–Kier alpha value is -1.05. The Morgan fingerprint density at radius 3 is 2.29 bits per heavy atom. The molecule has 3 unspecified atom stereocenters. The van der Waals surface area contributed by atoms with Crippen molar-refractivity contribution in [2.75, 3.05) is 18.4 Å². The minimum Gasteiger partial charge on any atom is -0.373 e. The second-order valence-electron chi connectivity index (χ2n) is 8.05. The zero-order valence-corrected chi connectivity index (χ0v) is 16.6. The van der Waals surface area contributed by atoms with Gasteiger partial charge in [-0.3, -0.25) is 15.0 Å². The van der Waals surface area contributed by atoms with Crippen molar-refractivity contribution in [3.05, 3.63) is 5.01 Å².